The first-order valence-corrected chi connectivity index (χ1v) is 2.95. The van der Waals surface area contributed by atoms with Crippen LogP contribution in [0.25, 0.3) is 0 Å². The molecule has 1 aromatic rings. The van der Waals surface area contributed by atoms with E-state index in [0.717, 1.165) is 6.54 Å². The monoisotopic (exact) mass is 147 g/mol. The molecule has 1 rings (SSSR count). The maximum Gasteiger partial charge on any atom is 0.241 e. The topological polar surface area (TPSA) is 19.7 Å². The molecule has 0 aliphatic heterocycles. The highest BCUT2D eigenvalue weighted by molar-refractivity contribution is 5.85. The Kier molecular flexibility index (Phi) is 4.14. The fourth-order valence-electron chi connectivity index (χ4n) is 0.718. The Hall–Kier alpha value is -0.500. The van der Waals surface area contributed by atoms with Crippen LogP contribution in [0, 0.1) is 0 Å². The summed E-state index contributed by atoms with van der Waals surface area (Å²) in [5, 5.41) is 0. The van der Waals surface area contributed by atoms with Gasteiger partial charge in [-0.05, 0) is 6.42 Å². The summed E-state index contributed by atoms with van der Waals surface area (Å²) in [5.41, 5.74) is 0. The lowest BCUT2D eigenvalue weighted by atomic mass is 10.5. The SMILES string of the molecule is CCC[n+]1cc[nH]c1.Cl. The van der Waals surface area contributed by atoms with Gasteiger partial charge < -0.3 is 0 Å². The van der Waals surface area contributed by atoms with Crippen molar-refractivity contribution in [2.75, 3.05) is 0 Å². The second-order valence-corrected chi connectivity index (χ2v) is 1.85. The molecule has 0 aliphatic carbocycles. The van der Waals surface area contributed by atoms with E-state index < -0.39 is 0 Å². The molecular formula is C6H12ClN2+. The van der Waals surface area contributed by atoms with Crippen molar-refractivity contribution in [2.24, 2.45) is 0 Å². The number of rotatable bonds is 2. The minimum absolute atomic E-state index is 0. The van der Waals surface area contributed by atoms with Crippen molar-refractivity contribution in [2.45, 2.75) is 19.9 Å². The highest BCUT2D eigenvalue weighted by atomic mass is 35.5. The van der Waals surface area contributed by atoms with Gasteiger partial charge in [-0.1, -0.05) is 6.92 Å². The number of imidazole rings is 1. The number of aryl methyl sites for hydroxylation is 1. The number of aromatic nitrogens is 2. The van der Waals surface area contributed by atoms with Crippen molar-refractivity contribution < 1.29 is 4.57 Å². The van der Waals surface area contributed by atoms with Crippen LogP contribution in [0.5, 0.6) is 0 Å². The summed E-state index contributed by atoms with van der Waals surface area (Å²) in [6, 6.07) is 0. The number of hydrogen-bond acceptors (Lipinski definition) is 0. The van der Waals surface area contributed by atoms with E-state index in [0.29, 0.717) is 0 Å². The van der Waals surface area contributed by atoms with Crippen molar-refractivity contribution in [1.29, 1.82) is 0 Å². The van der Waals surface area contributed by atoms with E-state index in [1.165, 1.54) is 6.42 Å². The van der Waals surface area contributed by atoms with Crippen LogP contribution in [-0.2, 0) is 6.54 Å². The van der Waals surface area contributed by atoms with Crippen LogP contribution < -0.4 is 4.57 Å². The Labute approximate surface area is 61.3 Å². The minimum atomic E-state index is 0. The number of nitrogens with one attached hydrogen (secondary N) is 1. The molecule has 52 valence electrons. The molecule has 0 aliphatic rings. The third-order valence-electron chi connectivity index (χ3n) is 1.08. The maximum atomic E-state index is 2.98. The van der Waals surface area contributed by atoms with Crippen LogP contribution in [0.3, 0.4) is 0 Å². The Morgan fingerprint density at radius 3 is 2.78 bits per heavy atom. The minimum Gasteiger partial charge on any atom is -0.250 e. The number of aromatic amines is 1. The number of halogens is 1. The van der Waals surface area contributed by atoms with Gasteiger partial charge >= 0.3 is 0 Å². The van der Waals surface area contributed by atoms with Crippen LogP contribution in [0.4, 0.5) is 0 Å². The van der Waals surface area contributed by atoms with E-state index >= 15 is 0 Å². The molecule has 1 heterocycles. The molecule has 0 amide bonds. The normalized spacial score (nSPS) is 8.56. The Balaban J connectivity index is 0.000000640. The van der Waals surface area contributed by atoms with Gasteiger partial charge in [0.1, 0.15) is 12.4 Å². The molecule has 0 spiro atoms. The van der Waals surface area contributed by atoms with Crippen LogP contribution in [0.2, 0.25) is 0 Å². The van der Waals surface area contributed by atoms with Gasteiger partial charge in [0.25, 0.3) is 0 Å². The van der Waals surface area contributed by atoms with Gasteiger partial charge in [0, 0.05) is 0 Å². The largest absolute Gasteiger partial charge is 0.250 e. The molecule has 1 N–H and O–H groups in total. The number of nitrogens with zero attached hydrogens (tertiary/aromatic N) is 1. The predicted octanol–water partition coefficient (Wildman–Crippen LogP) is 1.13. The van der Waals surface area contributed by atoms with Gasteiger partial charge in [0.05, 0.1) is 6.54 Å². The zero-order valence-electron chi connectivity index (χ0n) is 5.50. The average Bonchev–Trinajstić information content (AvgIpc) is 2.19. The van der Waals surface area contributed by atoms with Gasteiger partial charge in [-0.2, -0.15) is 0 Å². The van der Waals surface area contributed by atoms with Crippen LogP contribution in [0.15, 0.2) is 18.7 Å². The predicted molar refractivity (Wildman–Crippen MR) is 38.5 cm³/mol. The first-order chi connectivity index (χ1) is 3.93. The van der Waals surface area contributed by atoms with Crippen molar-refractivity contribution in [3.63, 3.8) is 0 Å². The first-order valence-electron chi connectivity index (χ1n) is 2.95. The summed E-state index contributed by atoms with van der Waals surface area (Å²) in [6.07, 6.45) is 7.12. The zero-order valence-corrected chi connectivity index (χ0v) is 6.32. The lowest BCUT2D eigenvalue weighted by Crippen LogP contribution is -2.29. The molecule has 1 aromatic heterocycles. The highest BCUT2D eigenvalue weighted by Gasteiger charge is 1.89. The summed E-state index contributed by atoms with van der Waals surface area (Å²) in [5.74, 6) is 0. The quantitative estimate of drug-likeness (QED) is 0.606. The summed E-state index contributed by atoms with van der Waals surface area (Å²) >= 11 is 0. The van der Waals surface area contributed by atoms with E-state index in [4.69, 9.17) is 0 Å². The molecule has 0 saturated heterocycles. The van der Waals surface area contributed by atoms with E-state index in [1.54, 1.807) is 0 Å². The van der Waals surface area contributed by atoms with Gasteiger partial charge in [0.15, 0.2) is 0 Å². The second kappa shape index (κ2) is 4.39. The van der Waals surface area contributed by atoms with Crippen molar-refractivity contribution >= 4 is 12.4 Å². The zero-order chi connectivity index (χ0) is 5.82. The first kappa shape index (κ1) is 8.50. The van der Waals surface area contributed by atoms with Crippen LogP contribution >= 0.6 is 12.4 Å². The van der Waals surface area contributed by atoms with E-state index in [9.17, 15) is 0 Å². The number of hydrogen-bond donors (Lipinski definition) is 1. The van der Waals surface area contributed by atoms with E-state index in [1.807, 2.05) is 18.7 Å². The summed E-state index contributed by atoms with van der Waals surface area (Å²) < 4.78 is 2.12. The van der Waals surface area contributed by atoms with Gasteiger partial charge in [0.2, 0.25) is 6.33 Å². The maximum absolute atomic E-state index is 2.98. The molecule has 0 unspecified atom stereocenters. The van der Waals surface area contributed by atoms with E-state index in [2.05, 4.69) is 16.5 Å². The highest BCUT2D eigenvalue weighted by Crippen LogP contribution is 1.74. The van der Waals surface area contributed by atoms with Gasteiger partial charge in [-0.15, -0.1) is 12.4 Å². The molecule has 0 bridgehead atoms. The Morgan fingerprint density at radius 1 is 1.56 bits per heavy atom. The molecule has 0 fully saturated rings. The molecule has 0 aromatic carbocycles. The summed E-state index contributed by atoms with van der Waals surface area (Å²) in [7, 11) is 0. The van der Waals surface area contributed by atoms with Crippen LogP contribution in [0.1, 0.15) is 13.3 Å². The number of H-pyrrole nitrogens is 1. The third-order valence-corrected chi connectivity index (χ3v) is 1.08. The molecule has 0 atom stereocenters. The van der Waals surface area contributed by atoms with Crippen LogP contribution in [-0.4, -0.2) is 4.98 Å². The van der Waals surface area contributed by atoms with Gasteiger partial charge in [-0.25, -0.2) is 4.57 Å². The lowest BCUT2D eigenvalue weighted by Gasteiger charge is -1.85. The summed E-state index contributed by atoms with van der Waals surface area (Å²) in [6.45, 7) is 3.28. The van der Waals surface area contributed by atoms with E-state index in [-0.39, 0.29) is 12.4 Å². The smallest absolute Gasteiger partial charge is 0.241 e. The summed E-state index contributed by atoms with van der Waals surface area (Å²) in [4.78, 5) is 2.98. The second-order valence-electron chi connectivity index (χ2n) is 1.85. The van der Waals surface area contributed by atoms with Crippen molar-refractivity contribution in [1.82, 2.24) is 4.98 Å². The fourth-order valence-corrected chi connectivity index (χ4v) is 0.718. The molecule has 3 heteroatoms. The molecule has 0 saturated carbocycles. The average molecular weight is 148 g/mol. The third kappa shape index (κ3) is 2.51. The molecule has 9 heavy (non-hydrogen) atoms. The van der Waals surface area contributed by atoms with Crippen molar-refractivity contribution in [3.8, 4) is 0 Å². The molecule has 2 nitrogen and oxygen atoms in total. The Bertz CT molecular complexity index is 137. The standard InChI is InChI=1S/C6H10N2.ClH/c1-2-4-8-5-3-7-6-8;/h3,5-6H,2,4H2,1H3;1H/p+1. The van der Waals surface area contributed by atoms with Gasteiger partial charge in [-0.3, -0.25) is 4.98 Å². The molecular weight excluding hydrogens is 136 g/mol. The van der Waals surface area contributed by atoms with Crippen molar-refractivity contribution in [3.05, 3.63) is 18.7 Å². The Morgan fingerprint density at radius 2 is 2.33 bits per heavy atom. The fraction of sp³-hybridized carbons (Fsp3) is 0.500. The molecule has 0 radical (unpaired) electrons. The lowest BCUT2D eigenvalue weighted by molar-refractivity contribution is -0.695.